The number of benzene rings is 2. The van der Waals surface area contributed by atoms with Gasteiger partial charge in [0, 0.05) is 17.6 Å². The van der Waals surface area contributed by atoms with Crippen molar-refractivity contribution >= 4 is 21.6 Å². The molecule has 0 radical (unpaired) electrons. The number of halogens is 1. The number of nitrogens with one attached hydrogen (secondary N) is 1. The van der Waals surface area contributed by atoms with Gasteiger partial charge in [0.15, 0.2) is 0 Å². The summed E-state index contributed by atoms with van der Waals surface area (Å²) in [5.41, 5.74) is 0. The Bertz CT molecular complexity index is 732. The summed E-state index contributed by atoms with van der Waals surface area (Å²) < 4.78 is 37.5. The average Bonchev–Trinajstić information content (AvgIpc) is 2.53. The number of hydrogen-bond donors (Lipinski definition) is 1. The summed E-state index contributed by atoms with van der Waals surface area (Å²) in [5, 5.41) is 0.487. The minimum Gasteiger partial charge on any atom is -0.494 e. The van der Waals surface area contributed by atoms with Crippen LogP contribution >= 0.6 is 11.6 Å². The Morgan fingerprint density at radius 3 is 2.35 bits per heavy atom. The van der Waals surface area contributed by atoms with E-state index in [-0.39, 0.29) is 18.0 Å². The fourth-order valence-electron chi connectivity index (χ4n) is 1.86. The van der Waals surface area contributed by atoms with E-state index < -0.39 is 10.0 Å². The molecule has 0 heterocycles. The molecule has 2 aromatic rings. The number of hydrogen-bond acceptors (Lipinski definition) is 4. The summed E-state index contributed by atoms with van der Waals surface area (Å²) >= 11 is 5.75. The van der Waals surface area contributed by atoms with Crippen LogP contribution in [0.2, 0.25) is 5.02 Å². The maximum absolute atomic E-state index is 12.1. The van der Waals surface area contributed by atoms with Crippen LogP contribution in [0.4, 0.5) is 0 Å². The summed E-state index contributed by atoms with van der Waals surface area (Å²) in [6.07, 6.45) is 0. The van der Waals surface area contributed by atoms with Gasteiger partial charge in [-0.15, -0.1) is 0 Å². The molecule has 0 aromatic heterocycles. The highest BCUT2D eigenvalue weighted by molar-refractivity contribution is 7.89. The van der Waals surface area contributed by atoms with E-state index in [4.69, 9.17) is 21.1 Å². The van der Waals surface area contributed by atoms with Gasteiger partial charge in [-0.1, -0.05) is 17.7 Å². The van der Waals surface area contributed by atoms with Gasteiger partial charge in [0.1, 0.15) is 18.1 Å². The van der Waals surface area contributed by atoms with E-state index in [0.29, 0.717) is 23.1 Å². The van der Waals surface area contributed by atoms with E-state index in [2.05, 4.69) is 4.72 Å². The molecule has 0 fully saturated rings. The zero-order valence-corrected chi connectivity index (χ0v) is 14.2. The second kappa shape index (κ2) is 8.19. The topological polar surface area (TPSA) is 64.6 Å². The molecule has 0 bridgehead atoms. The summed E-state index contributed by atoms with van der Waals surface area (Å²) in [5.74, 6) is 1.34. The van der Waals surface area contributed by atoms with Gasteiger partial charge in [-0.3, -0.25) is 0 Å². The fraction of sp³-hybridized carbons (Fsp3) is 0.250. The molecule has 0 amide bonds. The van der Waals surface area contributed by atoms with Crippen molar-refractivity contribution < 1.29 is 17.9 Å². The lowest BCUT2D eigenvalue weighted by molar-refractivity contribution is 0.313. The fourth-order valence-corrected chi connectivity index (χ4v) is 3.00. The molecule has 0 atom stereocenters. The SMILES string of the molecule is CCOc1cccc(OCCNS(=O)(=O)c2ccc(Cl)cc2)c1. The standard InChI is InChI=1S/C16H18ClNO4S/c1-2-21-14-4-3-5-15(12-14)22-11-10-18-23(19,20)16-8-6-13(17)7-9-16/h3-9,12,18H,2,10-11H2,1H3. The Kier molecular flexibility index (Phi) is 6.27. The molecule has 0 aliphatic carbocycles. The molecule has 0 aliphatic heterocycles. The largest absolute Gasteiger partial charge is 0.494 e. The van der Waals surface area contributed by atoms with Crippen LogP contribution in [0, 0.1) is 0 Å². The highest BCUT2D eigenvalue weighted by atomic mass is 35.5. The average molecular weight is 356 g/mol. The summed E-state index contributed by atoms with van der Waals surface area (Å²) in [6.45, 7) is 2.84. The van der Waals surface area contributed by atoms with Crippen LogP contribution in [0.1, 0.15) is 6.92 Å². The Morgan fingerprint density at radius 2 is 1.70 bits per heavy atom. The highest BCUT2D eigenvalue weighted by Gasteiger charge is 2.12. The molecule has 0 aliphatic rings. The molecule has 0 spiro atoms. The van der Waals surface area contributed by atoms with Crippen molar-refractivity contribution in [3.63, 3.8) is 0 Å². The maximum atomic E-state index is 12.1. The monoisotopic (exact) mass is 355 g/mol. The normalized spacial score (nSPS) is 11.2. The van der Waals surface area contributed by atoms with Gasteiger partial charge < -0.3 is 9.47 Å². The van der Waals surface area contributed by atoms with Crippen LogP contribution in [0.3, 0.4) is 0 Å². The van der Waals surface area contributed by atoms with Crippen LogP contribution in [0.15, 0.2) is 53.4 Å². The second-order valence-electron chi connectivity index (χ2n) is 4.61. The first-order valence-corrected chi connectivity index (χ1v) is 8.98. The molecule has 0 saturated heterocycles. The van der Waals surface area contributed by atoms with Gasteiger partial charge in [0.2, 0.25) is 10.0 Å². The summed E-state index contributed by atoms with van der Waals surface area (Å²) in [4.78, 5) is 0.167. The smallest absolute Gasteiger partial charge is 0.240 e. The van der Waals surface area contributed by atoms with Gasteiger partial charge in [0.05, 0.1) is 11.5 Å². The molecule has 0 unspecified atom stereocenters. The number of ether oxygens (including phenoxy) is 2. The first kappa shape index (κ1) is 17.6. The first-order chi connectivity index (χ1) is 11.0. The zero-order valence-electron chi connectivity index (χ0n) is 12.7. The van der Waals surface area contributed by atoms with Crippen molar-refractivity contribution in [3.05, 3.63) is 53.6 Å². The van der Waals surface area contributed by atoms with E-state index in [9.17, 15) is 8.42 Å². The predicted octanol–water partition coefficient (Wildman–Crippen LogP) is 3.10. The van der Waals surface area contributed by atoms with Gasteiger partial charge in [0.25, 0.3) is 0 Å². The Morgan fingerprint density at radius 1 is 1.04 bits per heavy atom. The molecule has 124 valence electrons. The molecule has 23 heavy (non-hydrogen) atoms. The molecule has 7 heteroatoms. The van der Waals surface area contributed by atoms with E-state index in [1.165, 1.54) is 24.3 Å². The molecular formula is C16H18ClNO4S. The lowest BCUT2D eigenvalue weighted by Crippen LogP contribution is -2.28. The quantitative estimate of drug-likeness (QED) is 0.739. The highest BCUT2D eigenvalue weighted by Crippen LogP contribution is 2.19. The molecule has 0 saturated carbocycles. The minimum atomic E-state index is -3.56. The van der Waals surface area contributed by atoms with Crippen LogP contribution in [0.5, 0.6) is 11.5 Å². The molecule has 1 N–H and O–H groups in total. The Balaban J connectivity index is 1.85. The van der Waals surface area contributed by atoms with Crippen molar-refractivity contribution in [1.82, 2.24) is 4.72 Å². The van der Waals surface area contributed by atoms with Gasteiger partial charge in [-0.2, -0.15) is 0 Å². The van der Waals surface area contributed by atoms with Crippen LogP contribution < -0.4 is 14.2 Å². The lowest BCUT2D eigenvalue weighted by atomic mass is 10.3. The van der Waals surface area contributed by atoms with E-state index in [0.717, 1.165) is 0 Å². The molecular weight excluding hydrogens is 338 g/mol. The summed E-state index contributed by atoms with van der Waals surface area (Å²) in [6, 6.07) is 13.2. The second-order valence-corrected chi connectivity index (χ2v) is 6.81. The molecule has 2 aromatic carbocycles. The third-order valence-corrected chi connectivity index (χ3v) is 4.63. The van der Waals surface area contributed by atoms with Crippen LogP contribution in [0.25, 0.3) is 0 Å². The predicted molar refractivity (Wildman–Crippen MR) is 89.7 cm³/mol. The van der Waals surface area contributed by atoms with E-state index in [1.54, 1.807) is 12.1 Å². The van der Waals surface area contributed by atoms with Crippen LogP contribution in [-0.4, -0.2) is 28.2 Å². The maximum Gasteiger partial charge on any atom is 0.240 e. The minimum absolute atomic E-state index is 0.157. The zero-order chi connectivity index (χ0) is 16.7. The van der Waals surface area contributed by atoms with E-state index in [1.807, 2.05) is 19.1 Å². The lowest BCUT2D eigenvalue weighted by Gasteiger charge is -2.10. The van der Waals surface area contributed by atoms with E-state index >= 15 is 0 Å². The molecule has 2 rings (SSSR count). The Hall–Kier alpha value is -1.76. The van der Waals surface area contributed by atoms with Gasteiger partial charge >= 0.3 is 0 Å². The third kappa shape index (κ3) is 5.42. The third-order valence-electron chi connectivity index (χ3n) is 2.90. The number of rotatable bonds is 8. The molecule has 5 nitrogen and oxygen atoms in total. The van der Waals surface area contributed by atoms with Crippen molar-refractivity contribution in [1.29, 1.82) is 0 Å². The summed E-state index contributed by atoms with van der Waals surface area (Å²) in [7, 11) is -3.56. The van der Waals surface area contributed by atoms with Crippen molar-refractivity contribution in [3.8, 4) is 11.5 Å². The first-order valence-electron chi connectivity index (χ1n) is 7.12. The van der Waals surface area contributed by atoms with Gasteiger partial charge in [-0.25, -0.2) is 13.1 Å². The Labute approximate surface area is 141 Å². The van der Waals surface area contributed by atoms with Crippen molar-refractivity contribution in [2.24, 2.45) is 0 Å². The van der Waals surface area contributed by atoms with Crippen molar-refractivity contribution in [2.45, 2.75) is 11.8 Å². The van der Waals surface area contributed by atoms with Crippen LogP contribution in [-0.2, 0) is 10.0 Å². The number of sulfonamides is 1. The van der Waals surface area contributed by atoms with Gasteiger partial charge in [-0.05, 0) is 43.3 Å². The van der Waals surface area contributed by atoms with Crippen molar-refractivity contribution in [2.75, 3.05) is 19.8 Å².